The summed E-state index contributed by atoms with van der Waals surface area (Å²) >= 11 is 0. The van der Waals surface area contributed by atoms with E-state index in [1.807, 2.05) is 0 Å². The molecule has 0 aromatic heterocycles. The highest BCUT2D eigenvalue weighted by molar-refractivity contribution is 5.85. The predicted molar refractivity (Wildman–Crippen MR) is 75.1 cm³/mol. The van der Waals surface area contributed by atoms with Crippen LogP contribution in [-0.2, 0) is 6.42 Å². The van der Waals surface area contributed by atoms with E-state index >= 15 is 0 Å². The highest BCUT2D eigenvalue weighted by atomic mass is 14.7. The minimum Gasteiger partial charge on any atom is -0.325 e. The van der Waals surface area contributed by atoms with Crippen molar-refractivity contribution in [1.29, 1.82) is 0 Å². The van der Waals surface area contributed by atoms with Crippen LogP contribution in [-0.4, -0.2) is 5.54 Å². The molecule has 2 N–H and O–H groups in total. The summed E-state index contributed by atoms with van der Waals surface area (Å²) in [5, 5.41) is 2.62. The molecule has 0 saturated carbocycles. The Morgan fingerprint density at radius 2 is 1.71 bits per heavy atom. The Morgan fingerprint density at radius 1 is 1.06 bits per heavy atom. The molecule has 2 rings (SSSR count). The van der Waals surface area contributed by atoms with Crippen molar-refractivity contribution < 1.29 is 0 Å². The third kappa shape index (κ3) is 2.50. The maximum atomic E-state index is 6.38. The molecule has 0 bridgehead atoms. The molecule has 0 aliphatic carbocycles. The molecule has 1 nitrogen and oxygen atoms in total. The van der Waals surface area contributed by atoms with Crippen molar-refractivity contribution >= 4 is 10.8 Å². The highest BCUT2D eigenvalue weighted by Gasteiger charge is 2.23. The normalized spacial score (nSPS) is 15.1. The van der Waals surface area contributed by atoms with Crippen molar-refractivity contribution in [2.45, 2.75) is 32.7 Å². The average Bonchev–Trinajstić information content (AvgIpc) is 2.29. The first-order chi connectivity index (χ1) is 8.00. The number of hydrogen-bond donors (Lipinski definition) is 1. The van der Waals surface area contributed by atoms with Crippen molar-refractivity contribution in [2.24, 2.45) is 11.7 Å². The van der Waals surface area contributed by atoms with E-state index in [9.17, 15) is 0 Å². The molecular weight excluding hydrogens is 206 g/mol. The van der Waals surface area contributed by atoms with E-state index in [1.54, 1.807) is 0 Å². The Labute approximate surface area is 104 Å². The van der Waals surface area contributed by atoms with E-state index in [0.29, 0.717) is 5.92 Å². The number of fused-ring (bicyclic) bond motifs is 1. The minimum absolute atomic E-state index is 0.149. The van der Waals surface area contributed by atoms with E-state index < -0.39 is 0 Å². The molecule has 0 heterocycles. The van der Waals surface area contributed by atoms with Crippen LogP contribution >= 0.6 is 0 Å². The number of rotatable bonds is 3. The number of nitrogens with two attached hydrogens (primary N) is 1. The minimum atomic E-state index is -0.149. The van der Waals surface area contributed by atoms with Gasteiger partial charge < -0.3 is 5.73 Å². The van der Waals surface area contributed by atoms with E-state index in [0.717, 1.165) is 6.42 Å². The predicted octanol–water partition coefficient (Wildman–Crippen LogP) is 3.76. The molecule has 1 atom stereocenters. The second-order valence-electron chi connectivity index (χ2n) is 5.48. The van der Waals surface area contributed by atoms with E-state index in [2.05, 4.69) is 63.2 Å². The molecule has 0 spiro atoms. The zero-order valence-corrected chi connectivity index (χ0v) is 10.9. The second kappa shape index (κ2) is 4.50. The Kier molecular flexibility index (Phi) is 3.21. The van der Waals surface area contributed by atoms with Gasteiger partial charge in [0.1, 0.15) is 0 Å². The lowest BCUT2D eigenvalue weighted by Crippen LogP contribution is -2.43. The Hall–Kier alpha value is -1.34. The Morgan fingerprint density at radius 3 is 2.41 bits per heavy atom. The molecule has 1 unspecified atom stereocenters. The molecule has 0 radical (unpaired) electrons. The maximum Gasteiger partial charge on any atom is 0.0189 e. The van der Waals surface area contributed by atoms with Gasteiger partial charge in [-0.1, -0.05) is 56.3 Å². The van der Waals surface area contributed by atoms with Crippen LogP contribution in [0.15, 0.2) is 42.5 Å². The first-order valence-corrected chi connectivity index (χ1v) is 6.26. The van der Waals surface area contributed by atoms with Crippen molar-refractivity contribution in [3.63, 3.8) is 0 Å². The van der Waals surface area contributed by atoms with Gasteiger partial charge in [-0.3, -0.25) is 0 Å². The molecule has 0 fully saturated rings. The lowest BCUT2D eigenvalue weighted by molar-refractivity contribution is 0.338. The van der Waals surface area contributed by atoms with E-state index in [1.165, 1.54) is 16.3 Å². The monoisotopic (exact) mass is 227 g/mol. The fourth-order valence-electron chi connectivity index (χ4n) is 2.06. The summed E-state index contributed by atoms with van der Waals surface area (Å²) in [7, 11) is 0. The van der Waals surface area contributed by atoms with Gasteiger partial charge in [0.05, 0.1) is 0 Å². The lowest BCUT2D eigenvalue weighted by atomic mass is 9.82. The van der Waals surface area contributed by atoms with E-state index in [-0.39, 0.29) is 5.54 Å². The van der Waals surface area contributed by atoms with Gasteiger partial charge in [-0.15, -0.1) is 0 Å². The summed E-state index contributed by atoms with van der Waals surface area (Å²) in [6.45, 7) is 6.51. The molecule has 17 heavy (non-hydrogen) atoms. The fraction of sp³-hybridized carbons (Fsp3) is 0.375. The van der Waals surface area contributed by atoms with E-state index in [4.69, 9.17) is 5.73 Å². The molecule has 0 aliphatic rings. The average molecular weight is 227 g/mol. The molecule has 90 valence electrons. The summed E-state index contributed by atoms with van der Waals surface area (Å²) in [5.41, 5.74) is 7.58. The van der Waals surface area contributed by atoms with Gasteiger partial charge >= 0.3 is 0 Å². The third-order valence-electron chi connectivity index (χ3n) is 3.77. The van der Waals surface area contributed by atoms with Crippen LogP contribution in [0.2, 0.25) is 0 Å². The van der Waals surface area contributed by atoms with Gasteiger partial charge in [-0.2, -0.15) is 0 Å². The Balaban J connectivity index is 2.43. The first kappa shape index (κ1) is 12.1. The van der Waals surface area contributed by atoms with Gasteiger partial charge in [-0.25, -0.2) is 0 Å². The summed E-state index contributed by atoms with van der Waals surface area (Å²) in [6.07, 6.45) is 0.923. The molecule has 2 aromatic rings. The molecule has 0 aliphatic heterocycles. The van der Waals surface area contributed by atoms with Gasteiger partial charge in [0.15, 0.2) is 0 Å². The molecular formula is C16H21N. The van der Waals surface area contributed by atoms with Gasteiger partial charge in [0, 0.05) is 5.54 Å². The molecule has 1 heteroatoms. The molecule has 2 aromatic carbocycles. The topological polar surface area (TPSA) is 26.0 Å². The van der Waals surface area contributed by atoms with Crippen molar-refractivity contribution in [2.75, 3.05) is 0 Å². The smallest absolute Gasteiger partial charge is 0.0189 e. The zero-order chi connectivity index (χ0) is 12.5. The first-order valence-electron chi connectivity index (χ1n) is 6.26. The SMILES string of the molecule is CC(C)C(C)(N)Cc1cccc2ccccc12. The largest absolute Gasteiger partial charge is 0.325 e. The summed E-state index contributed by atoms with van der Waals surface area (Å²) in [5.74, 6) is 0.474. The molecule has 0 amide bonds. The van der Waals surface area contributed by atoms with Crippen LogP contribution in [0.1, 0.15) is 26.3 Å². The fourth-order valence-corrected chi connectivity index (χ4v) is 2.06. The highest BCUT2D eigenvalue weighted by Crippen LogP contribution is 2.25. The van der Waals surface area contributed by atoms with Gasteiger partial charge in [0.2, 0.25) is 0 Å². The number of hydrogen-bond acceptors (Lipinski definition) is 1. The summed E-state index contributed by atoms with van der Waals surface area (Å²) < 4.78 is 0. The van der Waals surface area contributed by atoms with Crippen LogP contribution in [0, 0.1) is 5.92 Å². The third-order valence-corrected chi connectivity index (χ3v) is 3.77. The van der Waals surface area contributed by atoms with Crippen LogP contribution in [0.4, 0.5) is 0 Å². The van der Waals surface area contributed by atoms with Gasteiger partial charge in [-0.05, 0) is 35.6 Å². The van der Waals surface area contributed by atoms with Crippen LogP contribution < -0.4 is 5.73 Å². The maximum absolute atomic E-state index is 6.38. The van der Waals surface area contributed by atoms with Crippen LogP contribution in [0.5, 0.6) is 0 Å². The summed E-state index contributed by atoms with van der Waals surface area (Å²) in [4.78, 5) is 0. The number of benzene rings is 2. The van der Waals surface area contributed by atoms with Crippen LogP contribution in [0.3, 0.4) is 0 Å². The van der Waals surface area contributed by atoms with Crippen LogP contribution in [0.25, 0.3) is 10.8 Å². The quantitative estimate of drug-likeness (QED) is 0.849. The standard InChI is InChI=1S/C16H21N/c1-12(2)16(3,17)11-14-9-6-8-13-7-4-5-10-15(13)14/h4-10,12H,11,17H2,1-3H3. The second-order valence-corrected chi connectivity index (χ2v) is 5.48. The Bertz CT molecular complexity index is 506. The van der Waals surface area contributed by atoms with Crippen molar-refractivity contribution in [3.8, 4) is 0 Å². The van der Waals surface area contributed by atoms with Crippen molar-refractivity contribution in [1.82, 2.24) is 0 Å². The van der Waals surface area contributed by atoms with Crippen molar-refractivity contribution in [3.05, 3.63) is 48.0 Å². The summed E-state index contributed by atoms with van der Waals surface area (Å²) in [6, 6.07) is 15.0. The zero-order valence-electron chi connectivity index (χ0n) is 10.9. The lowest BCUT2D eigenvalue weighted by Gasteiger charge is -2.29. The van der Waals surface area contributed by atoms with Gasteiger partial charge in [0.25, 0.3) is 0 Å². The molecule has 0 saturated heterocycles.